The van der Waals surface area contributed by atoms with Gasteiger partial charge in [-0.2, -0.15) is 8.78 Å². The Balaban J connectivity index is 2.30. The minimum Gasteiger partial charge on any atom is -0.478 e. The molecule has 122 valence electrons. The summed E-state index contributed by atoms with van der Waals surface area (Å²) in [6.45, 7) is -3.10. The van der Waals surface area contributed by atoms with Crippen LogP contribution in [0.5, 0.6) is 5.75 Å². The molecule has 0 saturated heterocycles. The Kier molecular flexibility index (Phi) is 4.80. The molecule has 0 aromatic heterocycles. The topological polar surface area (TPSA) is 92.7 Å². The predicted molar refractivity (Wildman–Crippen MR) is 77.3 cm³/mol. The number of carboxylic acids is 1. The van der Waals surface area contributed by atoms with Crippen LogP contribution >= 0.6 is 0 Å². The number of rotatable bonds is 6. The Bertz CT molecular complexity index is 806. The number of carbonyl (C=O) groups is 1. The van der Waals surface area contributed by atoms with E-state index in [9.17, 15) is 22.0 Å². The second-order valence-electron chi connectivity index (χ2n) is 4.31. The van der Waals surface area contributed by atoms with Crippen molar-refractivity contribution in [2.75, 3.05) is 4.72 Å². The van der Waals surface area contributed by atoms with Gasteiger partial charge in [-0.1, -0.05) is 12.1 Å². The number of anilines is 1. The van der Waals surface area contributed by atoms with Crippen molar-refractivity contribution < 1.29 is 31.8 Å². The fourth-order valence-corrected chi connectivity index (χ4v) is 2.80. The Morgan fingerprint density at radius 1 is 1.09 bits per heavy atom. The number of sulfonamides is 1. The average Bonchev–Trinajstić information content (AvgIpc) is 2.48. The molecule has 2 rings (SSSR count). The maximum Gasteiger partial charge on any atom is 0.387 e. The summed E-state index contributed by atoms with van der Waals surface area (Å²) in [5.74, 6) is -1.52. The molecule has 2 aromatic rings. The van der Waals surface area contributed by atoms with Gasteiger partial charge in [0.25, 0.3) is 10.0 Å². The number of benzene rings is 2. The number of alkyl halides is 2. The van der Waals surface area contributed by atoms with Crippen molar-refractivity contribution in [1.82, 2.24) is 0 Å². The summed E-state index contributed by atoms with van der Waals surface area (Å²) in [6, 6.07) is 9.76. The zero-order chi connectivity index (χ0) is 17.0. The first-order valence-corrected chi connectivity index (χ1v) is 7.68. The van der Waals surface area contributed by atoms with Crippen LogP contribution < -0.4 is 9.46 Å². The first-order valence-electron chi connectivity index (χ1n) is 6.19. The molecule has 0 aliphatic heterocycles. The molecule has 0 fully saturated rings. The molecule has 0 bridgehead atoms. The minimum absolute atomic E-state index is 0.0783. The van der Waals surface area contributed by atoms with E-state index in [4.69, 9.17) is 5.11 Å². The summed E-state index contributed by atoms with van der Waals surface area (Å²) in [7, 11) is -4.08. The quantitative estimate of drug-likeness (QED) is 0.841. The molecule has 0 aliphatic rings. The molecule has 0 aliphatic carbocycles. The SMILES string of the molecule is O=C(O)c1ccc(S(=O)(=O)Nc2ccccc2OC(F)F)cc1. The third-order valence-corrected chi connectivity index (χ3v) is 4.14. The van der Waals surface area contributed by atoms with Crippen molar-refractivity contribution >= 4 is 21.7 Å². The average molecular weight is 343 g/mol. The van der Waals surface area contributed by atoms with Gasteiger partial charge >= 0.3 is 12.6 Å². The third kappa shape index (κ3) is 4.16. The molecule has 6 nitrogen and oxygen atoms in total. The molecule has 0 radical (unpaired) electrons. The molecule has 0 unspecified atom stereocenters. The zero-order valence-corrected chi connectivity index (χ0v) is 12.3. The van der Waals surface area contributed by atoms with Gasteiger partial charge in [0, 0.05) is 0 Å². The van der Waals surface area contributed by atoms with Crippen LogP contribution in [-0.2, 0) is 10.0 Å². The molecule has 0 spiro atoms. The number of para-hydroxylation sites is 2. The molecule has 2 N–H and O–H groups in total. The Morgan fingerprint density at radius 3 is 2.26 bits per heavy atom. The first kappa shape index (κ1) is 16.7. The first-order chi connectivity index (χ1) is 10.8. The number of hydrogen-bond acceptors (Lipinski definition) is 4. The number of ether oxygens (including phenoxy) is 1. The van der Waals surface area contributed by atoms with Crippen molar-refractivity contribution in [3.05, 3.63) is 54.1 Å². The lowest BCUT2D eigenvalue weighted by molar-refractivity contribution is -0.0493. The van der Waals surface area contributed by atoms with E-state index in [0.29, 0.717) is 0 Å². The summed E-state index contributed by atoms with van der Waals surface area (Å²) < 4.78 is 55.4. The van der Waals surface area contributed by atoms with Crippen LogP contribution in [0.25, 0.3) is 0 Å². The van der Waals surface area contributed by atoms with Crippen molar-refractivity contribution in [2.45, 2.75) is 11.5 Å². The summed E-state index contributed by atoms with van der Waals surface area (Å²) in [6.07, 6.45) is 0. The van der Waals surface area contributed by atoms with E-state index in [0.717, 1.165) is 24.3 Å². The standard InChI is InChI=1S/C14H11F2NO5S/c15-14(16)22-12-4-2-1-3-11(12)17-23(20,21)10-7-5-9(6-8-10)13(18)19/h1-8,14,17H,(H,18,19). The van der Waals surface area contributed by atoms with Gasteiger partial charge in [0.05, 0.1) is 16.1 Å². The Morgan fingerprint density at radius 2 is 1.70 bits per heavy atom. The van der Waals surface area contributed by atoms with E-state index in [2.05, 4.69) is 9.46 Å². The normalized spacial score (nSPS) is 11.3. The van der Waals surface area contributed by atoms with Crippen LogP contribution in [0, 0.1) is 0 Å². The van der Waals surface area contributed by atoms with Crippen molar-refractivity contribution in [1.29, 1.82) is 0 Å². The van der Waals surface area contributed by atoms with Crippen LogP contribution in [0.2, 0.25) is 0 Å². The van der Waals surface area contributed by atoms with Gasteiger partial charge in [0.1, 0.15) is 5.75 Å². The Labute approximate surface area is 130 Å². The summed E-state index contributed by atoms with van der Waals surface area (Å²) in [5.41, 5.74) is -0.236. The van der Waals surface area contributed by atoms with Gasteiger partial charge in [0.15, 0.2) is 0 Å². The fourth-order valence-electron chi connectivity index (χ4n) is 1.73. The van der Waals surface area contributed by atoms with E-state index >= 15 is 0 Å². The lowest BCUT2D eigenvalue weighted by atomic mass is 10.2. The molecule has 0 heterocycles. The highest BCUT2D eigenvalue weighted by Crippen LogP contribution is 2.28. The predicted octanol–water partition coefficient (Wildman–Crippen LogP) is 2.79. The number of carboxylic acid groups (broad SMARTS) is 1. The molecule has 0 saturated carbocycles. The Hall–Kier alpha value is -2.68. The van der Waals surface area contributed by atoms with Crippen molar-refractivity contribution in [3.63, 3.8) is 0 Å². The number of aromatic carboxylic acids is 1. The number of nitrogens with one attached hydrogen (secondary N) is 1. The highest BCUT2D eigenvalue weighted by atomic mass is 32.2. The van der Waals surface area contributed by atoms with Gasteiger partial charge in [-0.25, -0.2) is 13.2 Å². The number of hydrogen-bond donors (Lipinski definition) is 2. The highest BCUT2D eigenvalue weighted by Gasteiger charge is 2.18. The maximum absolute atomic E-state index is 12.3. The van der Waals surface area contributed by atoms with E-state index < -0.39 is 22.6 Å². The van der Waals surface area contributed by atoms with Gasteiger partial charge in [-0.05, 0) is 36.4 Å². The summed E-state index contributed by atoms with van der Waals surface area (Å²) in [4.78, 5) is 10.5. The van der Waals surface area contributed by atoms with E-state index in [1.165, 1.54) is 24.3 Å². The molecular weight excluding hydrogens is 332 g/mol. The fraction of sp³-hybridized carbons (Fsp3) is 0.0714. The number of halogens is 2. The molecule has 23 heavy (non-hydrogen) atoms. The largest absolute Gasteiger partial charge is 0.478 e. The lowest BCUT2D eigenvalue weighted by Crippen LogP contribution is -2.15. The van der Waals surface area contributed by atoms with E-state index in [1.807, 2.05) is 0 Å². The van der Waals surface area contributed by atoms with Gasteiger partial charge in [-0.15, -0.1) is 0 Å². The smallest absolute Gasteiger partial charge is 0.387 e. The monoisotopic (exact) mass is 343 g/mol. The van der Waals surface area contributed by atoms with Crippen LogP contribution in [0.4, 0.5) is 14.5 Å². The van der Waals surface area contributed by atoms with Crippen molar-refractivity contribution in [3.8, 4) is 5.75 Å². The molecule has 2 aromatic carbocycles. The molecule has 0 amide bonds. The second-order valence-corrected chi connectivity index (χ2v) is 5.99. The van der Waals surface area contributed by atoms with Gasteiger partial charge in [-0.3, -0.25) is 4.72 Å². The van der Waals surface area contributed by atoms with Crippen molar-refractivity contribution in [2.24, 2.45) is 0 Å². The molecular formula is C14H11F2NO5S. The van der Waals surface area contributed by atoms with E-state index in [1.54, 1.807) is 0 Å². The minimum atomic E-state index is -4.08. The van der Waals surface area contributed by atoms with Crippen LogP contribution in [0.1, 0.15) is 10.4 Å². The van der Waals surface area contributed by atoms with Crippen LogP contribution in [0.15, 0.2) is 53.4 Å². The summed E-state index contributed by atoms with van der Waals surface area (Å²) in [5, 5.41) is 8.78. The lowest BCUT2D eigenvalue weighted by Gasteiger charge is -2.13. The second kappa shape index (κ2) is 6.61. The zero-order valence-electron chi connectivity index (χ0n) is 11.4. The van der Waals surface area contributed by atoms with Gasteiger partial charge < -0.3 is 9.84 Å². The van der Waals surface area contributed by atoms with E-state index in [-0.39, 0.29) is 21.9 Å². The highest BCUT2D eigenvalue weighted by molar-refractivity contribution is 7.92. The third-order valence-electron chi connectivity index (χ3n) is 2.76. The summed E-state index contributed by atoms with van der Waals surface area (Å²) >= 11 is 0. The van der Waals surface area contributed by atoms with Crippen LogP contribution in [-0.4, -0.2) is 26.1 Å². The van der Waals surface area contributed by atoms with Crippen LogP contribution in [0.3, 0.4) is 0 Å². The maximum atomic E-state index is 12.3. The molecule has 9 heteroatoms. The molecule has 0 atom stereocenters. The van der Waals surface area contributed by atoms with Gasteiger partial charge in [0.2, 0.25) is 0 Å².